The van der Waals surface area contributed by atoms with Crippen molar-refractivity contribution in [2.24, 2.45) is 13.0 Å². The molecule has 5 rings (SSSR count). The Morgan fingerprint density at radius 3 is 2.66 bits per heavy atom. The van der Waals surface area contributed by atoms with E-state index in [4.69, 9.17) is 9.72 Å². The highest BCUT2D eigenvalue weighted by molar-refractivity contribution is 5.85. The summed E-state index contributed by atoms with van der Waals surface area (Å²) < 4.78 is 7.31. The quantitative estimate of drug-likeness (QED) is 0.366. The molecule has 0 aliphatic heterocycles. The van der Waals surface area contributed by atoms with Gasteiger partial charge >= 0.3 is 0 Å². The van der Waals surface area contributed by atoms with Gasteiger partial charge in [0.2, 0.25) is 0 Å². The molecule has 0 saturated heterocycles. The zero-order valence-electron chi connectivity index (χ0n) is 18.2. The first kappa shape index (κ1) is 21.8. The molecule has 4 aromatic rings. The van der Waals surface area contributed by atoms with Crippen LogP contribution in [0.15, 0.2) is 61.6 Å². The van der Waals surface area contributed by atoms with Crippen molar-refractivity contribution in [1.82, 2.24) is 19.7 Å². The van der Waals surface area contributed by atoms with E-state index in [1.165, 1.54) is 12.8 Å². The van der Waals surface area contributed by atoms with Gasteiger partial charge in [-0.2, -0.15) is 5.10 Å². The maximum Gasteiger partial charge on any atom is 0.121 e. The lowest BCUT2D eigenvalue weighted by Gasteiger charge is -2.26. The fourth-order valence-electron chi connectivity index (χ4n) is 3.78. The first-order valence-corrected chi connectivity index (χ1v) is 10.5. The summed E-state index contributed by atoms with van der Waals surface area (Å²) in [6.07, 6.45) is 9.96. The minimum absolute atomic E-state index is 0. The van der Waals surface area contributed by atoms with E-state index < -0.39 is 0 Å². The van der Waals surface area contributed by atoms with Gasteiger partial charge in [-0.25, -0.2) is 4.98 Å². The predicted octanol–water partition coefficient (Wildman–Crippen LogP) is 5.65. The molecule has 164 valence electrons. The Kier molecular flexibility index (Phi) is 6.15. The fraction of sp³-hybridized carbons (Fsp3) is 0.240. The Balaban J connectivity index is 0.00000245. The molecule has 2 aromatic heterocycles. The van der Waals surface area contributed by atoms with Crippen molar-refractivity contribution in [3.05, 3.63) is 67.1 Å². The van der Waals surface area contributed by atoms with E-state index in [2.05, 4.69) is 45.8 Å². The SMILES string of the molecule is C=Cc1cc(OC)cc(N(CC2CC2)c2ccc3ncc(-c4cnn(C)c4)nc3c2)c1.Cl. The van der Waals surface area contributed by atoms with Gasteiger partial charge < -0.3 is 9.64 Å². The van der Waals surface area contributed by atoms with Crippen LogP contribution < -0.4 is 9.64 Å². The predicted molar refractivity (Wildman–Crippen MR) is 132 cm³/mol. The number of anilines is 2. The van der Waals surface area contributed by atoms with Gasteiger partial charge in [-0.15, -0.1) is 12.4 Å². The molecule has 1 fully saturated rings. The summed E-state index contributed by atoms with van der Waals surface area (Å²) in [5.74, 6) is 1.54. The van der Waals surface area contributed by atoms with E-state index in [0.29, 0.717) is 5.92 Å². The number of ether oxygens (including phenoxy) is 1. The summed E-state index contributed by atoms with van der Waals surface area (Å²) in [6, 6.07) is 12.5. The van der Waals surface area contributed by atoms with Crippen LogP contribution in [0.4, 0.5) is 11.4 Å². The smallest absolute Gasteiger partial charge is 0.121 e. The molecule has 0 atom stereocenters. The molecule has 0 radical (unpaired) electrons. The van der Waals surface area contributed by atoms with Gasteiger partial charge in [0.05, 0.1) is 36.2 Å². The van der Waals surface area contributed by atoms with E-state index in [0.717, 1.165) is 51.5 Å². The van der Waals surface area contributed by atoms with Crippen molar-refractivity contribution in [3.63, 3.8) is 0 Å². The molecule has 1 aliphatic carbocycles. The maximum atomic E-state index is 5.54. The zero-order valence-corrected chi connectivity index (χ0v) is 19.0. The lowest BCUT2D eigenvalue weighted by Crippen LogP contribution is -2.20. The third-order valence-corrected chi connectivity index (χ3v) is 5.67. The average Bonchev–Trinajstić information content (AvgIpc) is 3.53. The molecule has 0 N–H and O–H groups in total. The Labute approximate surface area is 194 Å². The number of fused-ring (bicyclic) bond motifs is 1. The van der Waals surface area contributed by atoms with E-state index in [1.807, 2.05) is 37.7 Å². The van der Waals surface area contributed by atoms with Gasteiger partial charge in [-0.3, -0.25) is 9.67 Å². The first-order chi connectivity index (χ1) is 15.1. The minimum atomic E-state index is 0. The van der Waals surface area contributed by atoms with Crippen LogP contribution in [-0.2, 0) is 7.05 Å². The lowest BCUT2D eigenvalue weighted by atomic mass is 10.1. The second-order valence-electron chi connectivity index (χ2n) is 8.05. The molecule has 0 unspecified atom stereocenters. The van der Waals surface area contributed by atoms with E-state index in [1.54, 1.807) is 18.0 Å². The molecular formula is C25H26ClN5O. The van der Waals surface area contributed by atoms with Crippen LogP contribution in [0.3, 0.4) is 0 Å². The molecule has 2 heterocycles. The van der Waals surface area contributed by atoms with Crippen LogP contribution in [0.5, 0.6) is 5.75 Å². The second kappa shape index (κ2) is 9.01. The third-order valence-electron chi connectivity index (χ3n) is 5.67. The number of methoxy groups -OCH3 is 1. The normalized spacial score (nSPS) is 12.9. The summed E-state index contributed by atoms with van der Waals surface area (Å²) in [5.41, 5.74) is 6.75. The summed E-state index contributed by atoms with van der Waals surface area (Å²) in [4.78, 5) is 11.8. The molecule has 2 aromatic carbocycles. The molecule has 6 nitrogen and oxygen atoms in total. The van der Waals surface area contributed by atoms with Crippen LogP contribution in [0.2, 0.25) is 0 Å². The fourth-order valence-corrected chi connectivity index (χ4v) is 3.78. The number of halogens is 1. The van der Waals surface area contributed by atoms with Crippen LogP contribution in [0.1, 0.15) is 18.4 Å². The zero-order chi connectivity index (χ0) is 21.4. The van der Waals surface area contributed by atoms with Crippen LogP contribution in [0, 0.1) is 5.92 Å². The molecule has 1 saturated carbocycles. The van der Waals surface area contributed by atoms with E-state index in [9.17, 15) is 0 Å². The highest BCUT2D eigenvalue weighted by Crippen LogP contribution is 2.37. The number of hydrogen-bond acceptors (Lipinski definition) is 5. The average molecular weight is 448 g/mol. The molecule has 1 aliphatic rings. The third kappa shape index (κ3) is 4.46. The van der Waals surface area contributed by atoms with Crippen molar-refractivity contribution in [2.75, 3.05) is 18.6 Å². The molecule has 7 heteroatoms. The summed E-state index contributed by atoms with van der Waals surface area (Å²) in [6.45, 7) is 4.90. The number of aromatic nitrogens is 4. The van der Waals surface area contributed by atoms with Crippen molar-refractivity contribution in [3.8, 4) is 17.0 Å². The van der Waals surface area contributed by atoms with Crippen molar-refractivity contribution < 1.29 is 4.74 Å². The monoisotopic (exact) mass is 447 g/mol. The summed E-state index contributed by atoms with van der Waals surface area (Å²) in [5, 5.41) is 4.25. The van der Waals surface area contributed by atoms with E-state index >= 15 is 0 Å². The largest absolute Gasteiger partial charge is 0.497 e. The van der Waals surface area contributed by atoms with E-state index in [-0.39, 0.29) is 12.4 Å². The maximum absolute atomic E-state index is 5.54. The Morgan fingerprint density at radius 1 is 1.12 bits per heavy atom. The molecular weight excluding hydrogens is 422 g/mol. The number of benzene rings is 2. The molecule has 0 amide bonds. The standard InChI is InChI=1S/C25H25N5O.ClH/c1-4-17-9-21(11-22(10-17)31-3)30(15-18-5-6-18)20-7-8-23-24(12-20)28-25(14-26-23)19-13-27-29(2)16-19;/h4,7-14,16,18H,1,5-6,15H2,2-3H3;1H. The second-order valence-corrected chi connectivity index (χ2v) is 8.05. The summed E-state index contributed by atoms with van der Waals surface area (Å²) >= 11 is 0. The topological polar surface area (TPSA) is 56.1 Å². The number of aryl methyl sites for hydroxylation is 1. The van der Waals surface area contributed by atoms with Gasteiger partial charge in [0.15, 0.2) is 0 Å². The minimum Gasteiger partial charge on any atom is -0.497 e. The van der Waals surface area contributed by atoms with Crippen molar-refractivity contribution >= 4 is 40.9 Å². The van der Waals surface area contributed by atoms with Crippen molar-refractivity contribution in [2.45, 2.75) is 12.8 Å². The summed E-state index contributed by atoms with van der Waals surface area (Å²) in [7, 11) is 3.60. The van der Waals surface area contributed by atoms with Crippen molar-refractivity contribution in [1.29, 1.82) is 0 Å². The highest BCUT2D eigenvalue weighted by Gasteiger charge is 2.26. The number of hydrogen-bond donors (Lipinski definition) is 0. The number of nitrogens with zero attached hydrogens (tertiary/aromatic N) is 5. The lowest BCUT2D eigenvalue weighted by molar-refractivity contribution is 0.415. The van der Waals surface area contributed by atoms with Gasteiger partial charge in [0.25, 0.3) is 0 Å². The number of rotatable bonds is 7. The Bertz CT molecular complexity index is 1260. The molecule has 32 heavy (non-hydrogen) atoms. The first-order valence-electron chi connectivity index (χ1n) is 10.5. The van der Waals surface area contributed by atoms with Crippen LogP contribution >= 0.6 is 12.4 Å². The Hall–Kier alpha value is -3.38. The Morgan fingerprint density at radius 2 is 1.97 bits per heavy atom. The van der Waals surface area contributed by atoms with Gasteiger partial charge in [-0.05, 0) is 54.7 Å². The molecule has 0 bridgehead atoms. The van der Waals surface area contributed by atoms with Crippen LogP contribution in [-0.4, -0.2) is 33.4 Å². The van der Waals surface area contributed by atoms with Gasteiger partial charge in [-0.1, -0.05) is 12.7 Å². The highest BCUT2D eigenvalue weighted by atomic mass is 35.5. The van der Waals surface area contributed by atoms with Gasteiger partial charge in [0.1, 0.15) is 5.75 Å². The molecule has 0 spiro atoms. The van der Waals surface area contributed by atoms with Crippen LogP contribution in [0.25, 0.3) is 28.4 Å². The van der Waals surface area contributed by atoms with Gasteiger partial charge in [0, 0.05) is 42.8 Å².